The second-order valence-electron chi connectivity index (χ2n) is 5.47. The van der Waals surface area contributed by atoms with E-state index >= 15 is 0 Å². The Morgan fingerprint density at radius 2 is 1.87 bits per heavy atom. The van der Waals surface area contributed by atoms with Crippen LogP contribution in [0.1, 0.15) is 16.8 Å². The molecule has 0 radical (unpaired) electrons. The van der Waals surface area contributed by atoms with Gasteiger partial charge < -0.3 is 14.5 Å². The molecular formula is C18H15Cl2NO2. The van der Waals surface area contributed by atoms with Gasteiger partial charge in [-0.3, -0.25) is 0 Å². The van der Waals surface area contributed by atoms with E-state index in [1.807, 2.05) is 31.2 Å². The molecule has 0 saturated carbocycles. The molecule has 1 heterocycles. The Labute approximate surface area is 144 Å². The fourth-order valence-corrected chi connectivity index (χ4v) is 3.16. The number of phenolic OH excluding ortho intramolecular Hbond substituents is 1. The van der Waals surface area contributed by atoms with Gasteiger partial charge in [-0.1, -0.05) is 35.3 Å². The minimum absolute atomic E-state index is 0.0231. The van der Waals surface area contributed by atoms with Crippen LogP contribution in [-0.4, -0.2) is 16.0 Å². The number of aromatic hydroxyl groups is 1. The fourth-order valence-electron chi connectivity index (χ4n) is 2.87. The number of fused-ring (bicyclic) bond motifs is 1. The summed E-state index contributed by atoms with van der Waals surface area (Å²) in [5.74, 6) is 0.0231. The zero-order chi connectivity index (χ0) is 16.6. The van der Waals surface area contributed by atoms with Crippen molar-refractivity contribution in [1.82, 2.24) is 4.57 Å². The molecule has 5 heteroatoms. The van der Waals surface area contributed by atoms with Crippen LogP contribution in [0.25, 0.3) is 10.9 Å². The quantitative estimate of drug-likeness (QED) is 0.691. The highest BCUT2D eigenvalue weighted by molar-refractivity contribution is 6.32. The number of phenols is 1. The van der Waals surface area contributed by atoms with E-state index < -0.39 is 0 Å². The number of hydrogen-bond donors (Lipinski definition) is 1. The van der Waals surface area contributed by atoms with Crippen molar-refractivity contribution >= 4 is 40.4 Å². The van der Waals surface area contributed by atoms with Crippen molar-refractivity contribution in [1.29, 1.82) is 0 Å². The molecule has 0 unspecified atom stereocenters. The minimum atomic E-state index is 0.0231. The Morgan fingerprint density at radius 3 is 2.52 bits per heavy atom. The van der Waals surface area contributed by atoms with Gasteiger partial charge >= 0.3 is 0 Å². The molecule has 0 atom stereocenters. The number of carbonyl (C=O) groups is 1. The molecule has 0 aliphatic carbocycles. The maximum absolute atomic E-state index is 11.0. The van der Waals surface area contributed by atoms with Crippen molar-refractivity contribution in [3.8, 4) is 5.75 Å². The van der Waals surface area contributed by atoms with Crippen molar-refractivity contribution in [3.05, 3.63) is 63.3 Å². The molecule has 3 rings (SSSR count). The van der Waals surface area contributed by atoms with Crippen LogP contribution in [0.3, 0.4) is 0 Å². The van der Waals surface area contributed by atoms with Gasteiger partial charge in [-0.25, -0.2) is 0 Å². The molecule has 0 aliphatic rings. The van der Waals surface area contributed by atoms with Crippen LogP contribution in [0.5, 0.6) is 5.75 Å². The largest absolute Gasteiger partial charge is 0.506 e. The smallest absolute Gasteiger partial charge is 0.134 e. The van der Waals surface area contributed by atoms with E-state index in [1.165, 1.54) is 0 Å². The topological polar surface area (TPSA) is 42.2 Å². The number of hydrogen-bond acceptors (Lipinski definition) is 2. The van der Waals surface area contributed by atoms with E-state index in [4.69, 9.17) is 23.2 Å². The van der Waals surface area contributed by atoms with E-state index in [-0.39, 0.29) is 5.75 Å². The first kappa shape index (κ1) is 15.9. The number of benzene rings is 2. The third-order valence-corrected chi connectivity index (χ3v) is 4.62. The summed E-state index contributed by atoms with van der Waals surface area (Å²) in [4.78, 5) is 11.0. The Morgan fingerprint density at radius 1 is 1.17 bits per heavy atom. The summed E-state index contributed by atoms with van der Waals surface area (Å²) in [6.45, 7) is 2.61. The van der Waals surface area contributed by atoms with Crippen molar-refractivity contribution in [2.24, 2.45) is 0 Å². The van der Waals surface area contributed by atoms with Gasteiger partial charge in [0, 0.05) is 29.1 Å². The lowest BCUT2D eigenvalue weighted by molar-refractivity contribution is -0.107. The van der Waals surface area contributed by atoms with E-state index in [0.717, 1.165) is 34.0 Å². The summed E-state index contributed by atoms with van der Waals surface area (Å²) in [6.07, 6.45) is 1.18. The fraction of sp³-hybridized carbons (Fsp3) is 0.167. The van der Waals surface area contributed by atoms with Gasteiger partial charge in [0.15, 0.2) is 0 Å². The SMILES string of the molecule is Cc1c(CC=O)c2cc(O)c(Cl)cc2n1Cc1ccc(Cl)cc1. The molecule has 0 fully saturated rings. The monoisotopic (exact) mass is 347 g/mol. The summed E-state index contributed by atoms with van der Waals surface area (Å²) in [6, 6.07) is 11.0. The van der Waals surface area contributed by atoms with E-state index in [9.17, 15) is 9.90 Å². The number of nitrogens with zero attached hydrogens (tertiary/aromatic N) is 1. The van der Waals surface area contributed by atoms with Gasteiger partial charge in [0.25, 0.3) is 0 Å². The molecule has 0 spiro atoms. The van der Waals surface area contributed by atoms with Gasteiger partial charge in [0.1, 0.15) is 12.0 Å². The first-order chi connectivity index (χ1) is 11.0. The summed E-state index contributed by atoms with van der Waals surface area (Å²) in [7, 11) is 0. The highest BCUT2D eigenvalue weighted by atomic mass is 35.5. The van der Waals surface area contributed by atoms with Crippen molar-refractivity contribution in [2.75, 3.05) is 0 Å². The summed E-state index contributed by atoms with van der Waals surface area (Å²) >= 11 is 12.0. The maximum atomic E-state index is 11.0. The zero-order valence-corrected chi connectivity index (χ0v) is 14.0. The lowest BCUT2D eigenvalue weighted by Gasteiger charge is -2.09. The van der Waals surface area contributed by atoms with Crippen molar-refractivity contribution in [2.45, 2.75) is 19.9 Å². The van der Waals surface area contributed by atoms with Crippen molar-refractivity contribution in [3.63, 3.8) is 0 Å². The Hall–Kier alpha value is -1.97. The van der Waals surface area contributed by atoms with Gasteiger partial charge in [-0.05, 0) is 42.3 Å². The Kier molecular flexibility index (Phi) is 4.33. The van der Waals surface area contributed by atoms with Crippen LogP contribution in [0.15, 0.2) is 36.4 Å². The summed E-state index contributed by atoms with van der Waals surface area (Å²) < 4.78 is 2.10. The van der Waals surface area contributed by atoms with Gasteiger partial charge in [0.05, 0.1) is 10.5 Å². The van der Waals surface area contributed by atoms with Crippen LogP contribution in [0.4, 0.5) is 0 Å². The van der Waals surface area contributed by atoms with Crippen molar-refractivity contribution < 1.29 is 9.90 Å². The normalized spacial score (nSPS) is 11.1. The van der Waals surface area contributed by atoms with E-state index in [0.29, 0.717) is 23.0 Å². The van der Waals surface area contributed by atoms with Gasteiger partial charge in [-0.15, -0.1) is 0 Å². The van der Waals surface area contributed by atoms with Crippen LogP contribution in [0, 0.1) is 6.92 Å². The maximum Gasteiger partial charge on any atom is 0.134 e. The molecule has 0 aliphatic heterocycles. The molecular weight excluding hydrogens is 333 g/mol. The molecule has 2 aromatic carbocycles. The number of rotatable bonds is 4. The predicted octanol–water partition coefficient (Wildman–Crippen LogP) is 4.75. The minimum Gasteiger partial charge on any atom is -0.506 e. The molecule has 118 valence electrons. The molecule has 3 aromatic rings. The third kappa shape index (κ3) is 2.94. The molecule has 0 saturated heterocycles. The first-order valence-corrected chi connectivity index (χ1v) is 7.95. The Balaban J connectivity index is 2.18. The van der Waals surface area contributed by atoms with E-state index in [2.05, 4.69) is 4.57 Å². The zero-order valence-electron chi connectivity index (χ0n) is 12.5. The molecule has 3 nitrogen and oxygen atoms in total. The summed E-state index contributed by atoms with van der Waals surface area (Å²) in [5.41, 5.74) is 3.90. The standard InChI is InChI=1S/C18H15Cl2NO2/c1-11-14(6-7-22)15-8-18(23)16(20)9-17(15)21(11)10-12-2-4-13(19)5-3-12/h2-5,7-9,23H,6,10H2,1H3. The predicted molar refractivity (Wildman–Crippen MR) is 93.7 cm³/mol. The molecule has 23 heavy (non-hydrogen) atoms. The highest BCUT2D eigenvalue weighted by Gasteiger charge is 2.16. The van der Waals surface area contributed by atoms with Gasteiger partial charge in [-0.2, -0.15) is 0 Å². The molecule has 1 aromatic heterocycles. The van der Waals surface area contributed by atoms with Crippen LogP contribution >= 0.6 is 23.2 Å². The average Bonchev–Trinajstić information content (AvgIpc) is 2.76. The van der Waals surface area contributed by atoms with E-state index in [1.54, 1.807) is 12.1 Å². The number of aromatic nitrogens is 1. The number of carbonyl (C=O) groups excluding carboxylic acids is 1. The van der Waals surface area contributed by atoms with Crippen LogP contribution in [-0.2, 0) is 17.8 Å². The van der Waals surface area contributed by atoms with Gasteiger partial charge in [0.2, 0.25) is 0 Å². The molecule has 0 bridgehead atoms. The lowest BCUT2D eigenvalue weighted by atomic mass is 10.1. The van der Waals surface area contributed by atoms with Crippen LogP contribution in [0.2, 0.25) is 10.0 Å². The second kappa shape index (κ2) is 6.26. The first-order valence-electron chi connectivity index (χ1n) is 7.19. The lowest BCUT2D eigenvalue weighted by Crippen LogP contribution is -2.02. The highest BCUT2D eigenvalue weighted by Crippen LogP contribution is 2.34. The molecule has 0 amide bonds. The number of halogens is 2. The molecule has 1 N–H and O–H groups in total. The average molecular weight is 348 g/mol. The van der Waals surface area contributed by atoms with Crippen LogP contribution < -0.4 is 0 Å². The number of aldehydes is 1. The Bertz CT molecular complexity index is 882. The summed E-state index contributed by atoms with van der Waals surface area (Å²) in [5, 5.41) is 11.7. The second-order valence-corrected chi connectivity index (χ2v) is 6.31. The third-order valence-electron chi connectivity index (χ3n) is 4.06.